The van der Waals surface area contributed by atoms with Crippen LogP contribution in [0.3, 0.4) is 0 Å². The van der Waals surface area contributed by atoms with Crippen molar-refractivity contribution in [1.82, 2.24) is 15.5 Å². The lowest BCUT2D eigenvalue weighted by Gasteiger charge is -2.19. The van der Waals surface area contributed by atoms with Gasteiger partial charge in [-0.3, -0.25) is 0 Å². The lowest BCUT2D eigenvalue weighted by Crippen LogP contribution is -2.28. The largest absolute Gasteiger partial charge is 0.333 e. The average Bonchev–Trinajstić information content (AvgIpc) is 2.99. The minimum atomic E-state index is 0.390. The number of aromatic nitrogens is 2. The van der Waals surface area contributed by atoms with Gasteiger partial charge in [-0.05, 0) is 53.9 Å². The molecule has 0 aromatic carbocycles. The van der Waals surface area contributed by atoms with E-state index in [1.54, 1.807) is 11.3 Å². The fourth-order valence-electron chi connectivity index (χ4n) is 2.14. The molecule has 1 N–H and O–H groups in total. The molecule has 1 aliphatic rings. The van der Waals surface area contributed by atoms with Crippen LogP contribution in [0, 0.1) is 6.92 Å². The van der Waals surface area contributed by atoms with Crippen LogP contribution in [0.15, 0.2) is 14.4 Å². The van der Waals surface area contributed by atoms with Crippen LogP contribution >= 0.6 is 27.3 Å². The van der Waals surface area contributed by atoms with E-state index < -0.39 is 0 Å². The van der Waals surface area contributed by atoms with Crippen molar-refractivity contribution in [2.75, 3.05) is 13.1 Å². The van der Waals surface area contributed by atoms with Gasteiger partial charge in [0.2, 0.25) is 0 Å². The number of hydrogen-bond donors (Lipinski definition) is 1. The number of rotatable bonds is 2. The molecule has 3 heterocycles. The molecule has 2 aromatic heterocycles. The maximum atomic E-state index is 5.37. The molecule has 2 aromatic rings. The Kier molecular flexibility index (Phi) is 3.50. The van der Waals surface area contributed by atoms with Crippen molar-refractivity contribution in [1.29, 1.82) is 0 Å². The van der Waals surface area contributed by atoms with Gasteiger partial charge < -0.3 is 9.84 Å². The fraction of sp³-hybridized carbons (Fsp3) is 0.500. The monoisotopic (exact) mass is 327 g/mol. The van der Waals surface area contributed by atoms with E-state index in [0.29, 0.717) is 11.8 Å². The zero-order chi connectivity index (χ0) is 12.5. The summed E-state index contributed by atoms with van der Waals surface area (Å²) < 4.78 is 6.49. The molecule has 0 spiro atoms. The number of nitrogens with one attached hydrogen (secondary N) is 1. The molecule has 1 unspecified atom stereocenters. The van der Waals surface area contributed by atoms with Crippen molar-refractivity contribution in [2.45, 2.75) is 25.7 Å². The van der Waals surface area contributed by atoms with Crippen LogP contribution in [0.5, 0.6) is 0 Å². The number of piperidine rings is 1. The molecule has 96 valence electrons. The Morgan fingerprint density at radius 3 is 3.11 bits per heavy atom. The first-order valence-corrected chi connectivity index (χ1v) is 7.65. The first kappa shape index (κ1) is 12.3. The summed E-state index contributed by atoms with van der Waals surface area (Å²) in [7, 11) is 0. The fourth-order valence-corrected chi connectivity index (χ4v) is 3.59. The van der Waals surface area contributed by atoms with Crippen LogP contribution in [-0.4, -0.2) is 23.2 Å². The highest BCUT2D eigenvalue weighted by atomic mass is 79.9. The number of thiophene rings is 1. The molecule has 0 radical (unpaired) electrons. The molecule has 1 aliphatic heterocycles. The van der Waals surface area contributed by atoms with Gasteiger partial charge in [-0.1, -0.05) is 5.16 Å². The highest BCUT2D eigenvalue weighted by Gasteiger charge is 2.21. The van der Waals surface area contributed by atoms with Crippen LogP contribution in [0.2, 0.25) is 0 Å². The van der Waals surface area contributed by atoms with Gasteiger partial charge in [-0.15, -0.1) is 11.3 Å². The summed E-state index contributed by atoms with van der Waals surface area (Å²) in [5.41, 5.74) is 1.20. The predicted molar refractivity (Wildman–Crippen MR) is 74.9 cm³/mol. The molecule has 3 rings (SSSR count). The zero-order valence-corrected chi connectivity index (χ0v) is 12.5. The Balaban J connectivity index is 1.84. The van der Waals surface area contributed by atoms with E-state index in [0.717, 1.165) is 34.0 Å². The second-order valence-electron chi connectivity index (χ2n) is 4.57. The van der Waals surface area contributed by atoms with E-state index in [2.05, 4.69) is 44.4 Å². The second kappa shape index (κ2) is 5.11. The molecular weight excluding hydrogens is 314 g/mol. The van der Waals surface area contributed by atoms with E-state index in [-0.39, 0.29) is 0 Å². The number of aryl methyl sites for hydroxylation is 1. The van der Waals surface area contributed by atoms with Gasteiger partial charge in [-0.2, -0.15) is 4.98 Å². The van der Waals surface area contributed by atoms with Crippen LogP contribution in [0.1, 0.15) is 30.1 Å². The summed E-state index contributed by atoms with van der Waals surface area (Å²) in [6.07, 6.45) is 2.32. The second-order valence-corrected chi connectivity index (χ2v) is 6.94. The van der Waals surface area contributed by atoms with Gasteiger partial charge in [0.15, 0.2) is 5.82 Å². The van der Waals surface area contributed by atoms with Crippen molar-refractivity contribution in [3.05, 3.63) is 21.2 Å². The molecule has 0 amide bonds. The number of halogens is 1. The first-order chi connectivity index (χ1) is 8.74. The van der Waals surface area contributed by atoms with Gasteiger partial charge in [0.05, 0.1) is 8.66 Å². The quantitative estimate of drug-likeness (QED) is 0.919. The van der Waals surface area contributed by atoms with E-state index in [1.807, 2.05) is 0 Å². The summed E-state index contributed by atoms with van der Waals surface area (Å²) >= 11 is 5.15. The van der Waals surface area contributed by atoms with Crippen molar-refractivity contribution in [3.63, 3.8) is 0 Å². The van der Waals surface area contributed by atoms with Gasteiger partial charge in [-0.25, -0.2) is 0 Å². The third-order valence-corrected chi connectivity index (χ3v) is 5.30. The molecule has 0 saturated carbocycles. The van der Waals surface area contributed by atoms with Crippen molar-refractivity contribution < 1.29 is 4.52 Å². The Bertz CT molecular complexity index is 526. The highest BCUT2D eigenvalue weighted by Crippen LogP contribution is 2.34. The normalized spacial score (nSPS) is 20.2. The summed E-state index contributed by atoms with van der Waals surface area (Å²) in [4.78, 5) is 5.56. The molecule has 1 saturated heterocycles. The topological polar surface area (TPSA) is 51.0 Å². The average molecular weight is 328 g/mol. The third kappa shape index (κ3) is 2.37. The molecule has 18 heavy (non-hydrogen) atoms. The molecule has 1 atom stereocenters. The molecular formula is C12H14BrN3OS. The van der Waals surface area contributed by atoms with Gasteiger partial charge in [0.25, 0.3) is 5.89 Å². The lowest BCUT2D eigenvalue weighted by molar-refractivity contribution is 0.393. The Hall–Kier alpha value is -0.720. The maximum absolute atomic E-state index is 5.37. The Labute approximate surface area is 118 Å². The van der Waals surface area contributed by atoms with Crippen LogP contribution in [0.4, 0.5) is 0 Å². The van der Waals surface area contributed by atoms with Crippen molar-refractivity contribution in [3.8, 4) is 10.8 Å². The lowest BCUT2D eigenvalue weighted by atomic mass is 9.99. The summed E-state index contributed by atoms with van der Waals surface area (Å²) in [5, 5.41) is 7.49. The first-order valence-electron chi connectivity index (χ1n) is 6.04. The van der Waals surface area contributed by atoms with Crippen LogP contribution in [-0.2, 0) is 0 Å². The van der Waals surface area contributed by atoms with E-state index in [1.165, 1.54) is 12.0 Å². The number of nitrogens with zero attached hydrogens (tertiary/aromatic N) is 2. The maximum Gasteiger partial charge on any atom is 0.268 e. The smallest absolute Gasteiger partial charge is 0.268 e. The summed E-state index contributed by atoms with van der Waals surface area (Å²) in [6, 6.07) is 2.07. The third-order valence-electron chi connectivity index (χ3n) is 3.17. The van der Waals surface area contributed by atoms with Gasteiger partial charge in [0, 0.05) is 12.5 Å². The number of hydrogen-bond acceptors (Lipinski definition) is 5. The molecule has 1 fully saturated rings. The minimum Gasteiger partial charge on any atom is -0.333 e. The van der Waals surface area contributed by atoms with E-state index in [4.69, 9.17) is 4.52 Å². The van der Waals surface area contributed by atoms with Crippen molar-refractivity contribution >= 4 is 27.3 Å². The molecule has 0 aliphatic carbocycles. The predicted octanol–water partition coefficient (Wildman–Crippen LogP) is 3.34. The van der Waals surface area contributed by atoms with Crippen LogP contribution in [0.25, 0.3) is 10.8 Å². The Morgan fingerprint density at radius 1 is 1.56 bits per heavy atom. The molecule has 4 nitrogen and oxygen atoms in total. The van der Waals surface area contributed by atoms with Gasteiger partial charge >= 0.3 is 0 Å². The van der Waals surface area contributed by atoms with Gasteiger partial charge in [0.1, 0.15) is 0 Å². The zero-order valence-electron chi connectivity index (χ0n) is 10.1. The van der Waals surface area contributed by atoms with Crippen LogP contribution < -0.4 is 5.32 Å². The standard InChI is InChI=1S/C12H14BrN3OS/c1-7-5-9(18-10(7)13)12-15-11(16-17-12)8-3-2-4-14-6-8/h5,8,14H,2-4,6H2,1H3. The molecule has 6 heteroatoms. The van der Waals surface area contributed by atoms with E-state index >= 15 is 0 Å². The highest BCUT2D eigenvalue weighted by molar-refractivity contribution is 9.11. The summed E-state index contributed by atoms with van der Waals surface area (Å²) in [5.74, 6) is 1.86. The van der Waals surface area contributed by atoms with E-state index in [9.17, 15) is 0 Å². The Morgan fingerprint density at radius 2 is 2.44 bits per heavy atom. The molecule has 0 bridgehead atoms. The minimum absolute atomic E-state index is 0.390. The van der Waals surface area contributed by atoms with Crippen molar-refractivity contribution in [2.24, 2.45) is 0 Å². The summed E-state index contributed by atoms with van der Waals surface area (Å²) in [6.45, 7) is 4.11. The SMILES string of the molecule is Cc1cc(-c2nc(C3CCCNC3)no2)sc1Br.